The smallest absolute Gasteiger partial charge is 0.0192 e. The molecule has 2 unspecified atom stereocenters. The zero-order chi connectivity index (χ0) is 60.3. The summed E-state index contributed by atoms with van der Waals surface area (Å²) >= 11 is 0. The first-order chi connectivity index (χ1) is 41.3. The van der Waals surface area contributed by atoms with Crippen molar-refractivity contribution in [2.75, 3.05) is 7.11 Å². The molecule has 0 aliphatic heterocycles. The van der Waals surface area contributed by atoms with Crippen LogP contribution in [0.5, 0.6) is 51.7 Å². The van der Waals surface area contributed by atoms with Crippen molar-refractivity contribution in [3.05, 3.63) is 255 Å². The number of alkyl halides is 6. The Hall–Kier alpha value is -11.1. The fourth-order valence-electron chi connectivity index (χ4n) is 9.13. The average Bonchev–Trinajstić information content (AvgIpc) is 0.660. The van der Waals surface area contributed by atoms with E-state index in [9.17, 15) is 26.0 Å². The van der Waals surface area contributed by atoms with Gasteiger partial charge in [0.15, 0.2) is 0 Å². The fourth-order valence-corrected chi connectivity index (χ4v) is 11.7. The van der Waals surface area contributed by atoms with Crippen molar-refractivity contribution < 1.29 is 72.7 Å². The molecule has 0 bridgehead atoms. The maximum Gasteiger partial charge on any atom is -0.0192 e. The molecule has 1 saturated carbocycles. The predicted molar refractivity (Wildman–Crippen MR) is 309 cm³/mol. The van der Waals surface area contributed by atoms with Gasteiger partial charge in [-0.3, -0.25) is 0 Å². The van der Waals surface area contributed by atoms with Crippen LogP contribution < -0.4 is 33.5 Å². The molecule has 10 aromatic carbocycles. The van der Waals surface area contributed by atoms with Gasteiger partial charge in [-0.15, -0.1) is 0 Å². The Balaban J connectivity index is 0.640. The molecule has 10 aromatic rings. The van der Waals surface area contributed by atoms with Crippen LogP contribution in [-0.4, -0.2) is 45.9 Å². The van der Waals surface area contributed by atoms with E-state index in [1.807, 2.05) is 72.8 Å². The van der Waals surface area contributed by atoms with E-state index in [-0.39, 0.29) is 15.5 Å². The monoisotopic (exact) mass is 1420 g/mol. The van der Waals surface area contributed by atoms with Crippen LogP contribution in [0.25, 0.3) is 50.6 Å². The molecule has 0 amide bonds. The van der Waals surface area contributed by atoms with Crippen molar-refractivity contribution >= 4 is 22.8 Å². The Bertz CT molecular complexity index is 4160. The topological polar surface area (TPSA) is 98.8 Å². The zero-order valence-electron chi connectivity index (χ0n) is 44.9. The van der Waals surface area contributed by atoms with Gasteiger partial charge in [0.1, 0.15) is 23.0 Å². The second-order valence-corrected chi connectivity index (χ2v) is 23.4. The minimum absolute atomic E-state index is 0.0933. The summed E-state index contributed by atoms with van der Waals surface area (Å²) in [5, 5.41) is 5.74. The Morgan fingerprint density at radius 1 is 0.384 bits per heavy atom. The molecule has 0 radical (unpaired) electrons. The number of hydrogen-bond acceptors (Lipinski definition) is 9. The molecule has 18 heteroatoms. The van der Waals surface area contributed by atoms with E-state index in [2.05, 4.69) is 16.1 Å². The molecule has 9 nitrogen and oxygen atoms in total. The molecular weight excluding hydrogens is 1380 g/mol. The molecule has 0 aromatic heterocycles. The first-order valence-electron chi connectivity index (χ1n) is 26.1. The van der Waals surface area contributed by atoms with Gasteiger partial charge in [0.25, 0.3) is 0 Å². The van der Waals surface area contributed by atoms with Gasteiger partial charge in [-0.05, 0) is 101 Å². The molecule has 0 N–H and O–H groups in total. The normalized spacial score (nSPS) is 16.8. The number of methoxy groups -OCH3 is 1. The second kappa shape index (κ2) is 22.9. The molecule has 1 aliphatic rings. The number of benzene rings is 10. The number of halogens is 7. The first-order valence-corrected chi connectivity index (χ1v) is 30.0. The third-order valence-corrected chi connectivity index (χ3v) is 17.3. The quantitative estimate of drug-likeness (QED) is 0.0691. The molecule has 2 atom stereocenters. The van der Waals surface area contributed by atoms with Crippen molar-refractivity contribution in [3.63, 3.8) is 0 Å². The van der Waals surface area contributed by atoms with Gasteiger partial charge in [0.2, 0.25) is 9.84 Å². The summed E-state index contributed by atoms with van der Waals surface area (Å²) in [5.41, 5.74) is 6.76. The molecule has 11 rings (SSSR count). The van der Waals surface area contributed by atoms with Gasteiger partial charge in [0, 0.05) is 0 Å². The maximum atomic E-state index is 16.0. The maximum absolute atomic E-state index is 16.0. The Kier molecular flexibility index (Phi) is 15.1. The van der Waals surface area contributed by atoms with Gasteiger partial charge < -0.3 is 14.2 Å². The van der Waals surface area contributed by atoms with Crippen LogP contribution in [0, 0.1) is 0 Å². The predicted octanol–water partition coefficient (Wildman–Crippen LogP) is 18.0. The summed E-state index contributed by atoms with van der Waals surface area (Å²) in [5.74, 6) is -19.1. The molecule has 0 heterocycles. The van der Waals surface area contributed by atoms with Crippen molar-refractivity contribution in [1.29, 1.82) is 0 Å². The van der Waals surface area contributed by atoms with Gasteiger partial charge in [-0.1, -0.05) is 73.3 Å². The van der Waals surface area contributed by atoms with Crippen molar-refractivity contribution in [1.82, 2.24) is 0 Å². The minimum atomic E-state index is -5.63. The molecule has 0 spiro atoms. The molecule has 437 valence electrons. The van der Waals surface area contributed by atoms with Crippen LogP contribution in [0.3, 0.4) is 0 Å². The van der Waals surface area contributed by atoms with Crippen LogP contribution in [0.1, 0.15) is 5.56 Å². The van der Waals surface area contributed by atoms with E-state index in [1.165, 1.54) is 60.7 Å². The minimum Gasteiger partial charge on any atom is -0.0544 e. The SMILES string of the molecule is C=Cc1ccc(-c2ccc(OC3(F)C(F)(F)C(F)(F)C3(F)Oc3ccc(-c4ccc(O/[C](F)=[Cf]\[O]c5ccc(-c6ccc(Oc7ccc(S(=O)(=O)c8ccc(Oc9ccc(-c%10ccc(OC)cc%10)cc9)cc8)cc7)cc6)cc5)cc4)cc3)cc2)cc1. The third-order valence-electron chi connectivity index (χ3n) is 13.9. The summed E-state index contributed by atoms with van der Waals surface area (Å²) in [6.45, 7) is 2.87. The van der Waals surface area contributed by atoms with Gasteiger partial charge >= 0.3 is 214 Å². The van der Waals surface area contributed by atoms with Crippen molar-refractivity contribution in [2.24, 2.45) is 0 Å². The Morgan fingerprint density at radius 3 is 0.965 bits per heavy atom. The van der Waals surface area contributed by atoms with E-state index in [4.69, 9.17) is 24.1 Å². The molecule has 1 aliphatic carbocycles. The number of sulfone groups is 1. The summed E-state index contributed by atoms with van der Waals surface area (Å²) in [6, 6.07) is 64.4. The number of rotatable bonds is 20. The Labute approximate surface area is 484 Å². The van der Waals surface area contributed by atoms with Crippen LogP contribution in [-0.2, 0) is 9.84 Å². The van der Waals surface area contributed by atoms with Crippen LogP contribution in [0.4, 0.5) is 30.7 Å². The summed E-state index contributed by atoms with van der Waals surface area (Å²) in [7, 11) is -2.23. The molecule has 86 heavy (non-hydrogen) atoms. The summed E-state index contributed by atoms with van der Waals surface area (Å²) in [4.78, 5) is 0.198. The number of ether oxygens (including phenoxy) is 6. The van der Waals surface area contributed by atoms with Crippen molar-refractivity contribution in [3.8, 4) is 96.3 Å². The van der Waals surface area contributed by atoms with Crippen molar-refractivity contribution in [2.45, 2.75) is 33.3 Å². The van der Waals surface area contributed by atoms with E-state index < -0.39 is 51.8 Å². The molecule has 0 saturated heterocycles. The van der Waals surface area contributed by atoms with Crippen LogP contribution in [0.15, 0.2) is 259 Å². The van der Waals surface area contributed by atoms with E-state index >= 15 is 13.2 Å². The van der Waals surface area contributed by atoms with Gasteiger partial charge in [0.05, 0.1) is 16.9 Å². The van der Waals surface area contributed by atoms with E-state index in [0.717, 1.165) is 57.8 Å². The second-order valence-electron chi connectivity index (χ2n) is 19.3. The van der Waals surface area contributed by atoms with Crippen LogP contribution >= 0.6 is 0 Å². The summed E-state index contributed by atoms with van der Waals surface area (Å²) in [6.07, 6.45) is 1.63. The Morgan fingerprint density at radius 2 is 0.651 bits per heavy atom. The van der Waals surface area contributed by atoms with Crippen LogP contribution in [0.2, 0.25) is 0 Å². The van der Waals surface area contributed by atoms with E-state index in [1.54, 1.807) is 98.1 Å². The zero-order valence-corrected chi connectivity index (χ0v) is 48.4. The van der Waals surface area contributed by atoms with Gasteiger partial charge in [-0.2, -0.15) is 26.3 Å². The summed E-state index contributed by atoms with van der Waals surface area (Å²) < 4.78 is 163. The first kappa shape index (κ1) is 56.7. The number of hydrogen-bond donors (Lipinski definition) is 0. The largest absolute Gasteiger partial charge is 0.0544 e. The molecule has 1 fully saturated rings. The molecular formula is C68H46CfF7O9S. The standard InChI is InChI=1S/C37H28O6S.C31H19F7O3.Cf/c1-41-31-12-4-27(5-13-31)29-8-16-33(17-9-29)43-35-20-24-37(25-21-35)44(39,40)36-22-18-34(19-23-36)42-32-14-6-28(7-15-32)26-2-10-30(38)11-3-26;1-2-20-3-5-21(6-4-20)23-9-15-26(16-10-23)40-30(37)28(33,34)29(35,36)31(30,38)41-27-17-11-24(12-18-27)22-7-13-25(14-8-22)39-19-32;/h2-25,38H,1H3;2-18H,1H2;/q;;+1/p-1. The van der Waals surface area contributed by atoms with Gasteiger partial charge in [-0.25, -0.2) is 8.42 Å². The third kappa shape index (κ3) is 11.1. The average molecular weight is 1420 g/mol. The van der Waals surface area contributed by atoms with E-state index in [0.29, 0.717) is 51.0 Å². The fraction of sp³-hybridized carbons (Fsp3) is 0.0735.